The number of aromatic nitrogens is 2. The van der Waals surface area contributed by atoms with E-state index >= 15 is 0 Å². The maximum atomic E-state index is 11.9. The molecule has 0 N–H and O–H groups in total. The number of carbonyl (C=O) groups excluding carboxylic acids is 1. The molecule has 74 valence electrons. The van der Waals surface area contributed by atoms with Crippen LogP contribution in [-0.2, 0) is 7.05 Å². The van der Waals surface area contributed by atoms with Crippen LogP contribution in [0.3, 0.4) is 0 Å². The lowest BCUT2D eigenvalue weighted by atomic mass is 10.3. The molecule has 2 rings (SSSR count). The Morgan fingerprint density at radius 2 is 2.14 bits per heavy atom. The van der Waals surface area contributed by atoms with Gasteiger partial charge in [0, 0.05) is 20.1 Å². The maximum Gasteiger partial charge on any atom is 0.258 e. The monoisotopic (exact) mass is 303 g/mol. The Balaban J connectivity index is 2.22. The Morgan fingerprint density at radius 1 is 1.50 bits per heavy atom. The van der Waals surface area contributed by atoms with Gasteiger partial charge in [-0.1, -0.05) is 12.2 Å². The number of amides is 1. The number of hydrogen-bond acceptors (Lipinski definition) is 2. The molecule has 0 saturated heterocycles. The SMILES string of the molecule is Cn1ncc(C(=O)N2CC=CC2)c1I. The van der Waals surface area contributed by atoms with Crippen molar-refractivity contribution >= 4 is 28.5 Å². The summed E-state index contributed by atoms with van der Waals surface area (Å²) >= 11 is 2.13. The predicted octanol–water partition coefficient (Wildman–Crippen LogP) is 1.04. The van der Waals surface area contributed by atoms with Crippen molar-refractivity contribution in [2.24, 2.45) is 7.05 Å². The molecule has 0 radical (unpaired) electrons. The Morgan fingerprint density at radius 3 is 2.64 bits per heavy atom. The largest absolute Gasteiger partial charge is 0.331 e. The van der Waals surface area contributed by atoms with Crippen LogP contribution in [0.5, 0.6) is 0 Å². The van der Waals surface area contributed by atoms with Crippen LogP contribution in [0.2, 0.25) is 0 Å². The number of aryl methyl sites for hydroxylation is 1. The molecule has 0 unspecified atom stereocenters. The highest BCUT2D eigenvalue weighted by molar-refractivity contribution is 14.1. The average molecular weight is 303 g/mol. The molecule has 1 aliphatic rings. The van der Waals surface area contributed by atoms with Gasteiger partial charge in [0.1, 0.15) is 3.70 Å². The Bertz CT molecular complexity index is 389. The average Bonchev–Trinajstić information content (AvgIpc) is 2.77. The van der Waals surface area contributed by atoms with Gasteiger partial charge in [0.05, 0.1) is 11.8 Å². The summed E-state index contributed by atoms with van der Waals surface area (Å²) in [4.78, 5) is 13.7. The van der Waals surface area contributed by atoms with E-state index in [1.54, 1.807) is 15.8 Å². The quantitative estimate of drug-likeness (QED) is 0.574. The topological polar surface area (TPSA) is 38.1 Å². The van der Waals surface area contributed by atoms with E-state index in [1.807, 2.05) is 19.2 Å². The van der Waals surface area contributed by atoms with Gasteiger partial charge in [-0.15, -0.1) is 0 Å². The first kappa shape index (κ1) is 9.70. The zero-order chi connectivity index (χ0) is 10.1. The minimum Gasteiger partial charge on any atom is -0.331 e. The molecule has 0 bridgehead atoms. The van der Waals surface area contributed by atoms with Crippen LogP contribution in [0.25, 0.3) is 0 Å². The fraction of sp³-hybridized carbons (Fsp3) is 0.333. The molecule has 0 spiro atoms. The van der Waals surface area contributed by atoms with Crippen molar-refractivity contribution in [2.75, 3.05) is 13.1 Å². The number of carbonyl (C=O) groups is 1. The van der Waals surface area contributed by atoms with Crippen LogP contribution in [0.1, 0.15) is 10.4 Å². The van der Waals surface area contributed by atoms with Gasteiger partial charge in [-0.2, -0.15) is 5.10 Å². The summed E-state index contributed by atoms with van der Waals surface area (Å²) in [5, 5.41) is 4.05. The van der Waals surface area contributed by atoms with E-state index in [4.69, 9.17) is 0 Å². The molecule has 1 aromatic heterocycles. The van der Waals surface area contributed by atoms with Crippen molar-refractivity contribution in [3.05, 3.63) is 27.6 Å². The van der Waals surface area contributed by atoms with Crippen LogP contribution < -0.4 is 0 Å². The van der Waals surface area contributed by atoms with E-state index in [9.17, 15) is 4.79 Å². The van der Waals surface area contributed by atoms with Gasteiger partial charge in [0.2, 0.25) is 0 Å². The highest BCUT2D eigenvalue weighted by Gasteiger charge is 2.20. The summed E-state index contributed by atoms with van der Waals surface area (Å²) in [6, 6.07) is 0. The molecule has 1 amide bonds. The van der Waals surface area contributed by atoms with Gasteiger partial charge in [-0.3, -0.25) is 9.48 Å². The first-order chi connectivity index (χ1) is 6.70. The van der Waals surface area contributed by atoms with Gasteiger partial charge < -0.3 is 4.90 Å². The number of hydrogen-bond donors (Lipinski definition) is 0. The first-order valence-corrected chi connectivity index (χ1v) is 5.40. The van der Waals surface area contributed by atoms with E-state index in [2.05, 4.69) is 27.7 Å². The third-order valence-corrected chi connectivity index (χ3v) is 3.48. The number of rotatable bonds is 1. The van der Waals surface area contributed by atoms with Crippen LogP contribution in [-0.4, -0.2) is 33.7 Å². The summed E-state index contributed by atoms with van der Waals surface area (Å²) < 4.78 is 2.59. The molecule has 0 aliphatic carbocycles. The normalized spacial score (nSPS) is 15.1. The fourth-order valence-electron chi connectivity index (χ4n) is 1.38. The van der Waals surface area contributed by atoms with E-state index in [1.165, 1.54) is 0 Å². The third-order valence-electron chi connectivity index (χ3n) is 2.20. The molecule has 0 atom stereocenters. The zero-order valence-corrected chi connectivity index (χ0v) is 9.93. The molecule has 1 aromatic rings. The van der Waals surface area contributed by atoms with Crippen molar-refractivity contribution in [1.82, 2.24) is 14.7 Å². The number of halogens is 1. The van der Waals surface area contributed by atoms with Crippen molar-refractivity contribution < 1.29 is 4.79 Å². The summed E-state index contributed by atoms with van der Waals surface area (Å²) in [5.74, 6) is 0.0625. The summed E-state index contributed by atoms with van der Waals surface area (Å²) in [7, 11) is 1.83. The highest BCUT2D eigenvalue weighted by atomic mass is 127. The third kappa shape index (κ3) is 1.56. The Hall–Kier alpha value is -0.850. The van der Waals surface area contributed by atoms with Crippen molar-refractivity contribution in [3.63, 3.8) is 0 Å². The van der Waals surface area contributed by atoms with E-state index in [0.717, 1.165) is 3.70 Å². The fourth-order valence-corrected chi connectivity index (χ4v) is 1.87. The maximum absolute atomic E-state index is 11.9. The smallest absolute Gasteiger partial charge is 0.258 e. The minimum atomic E-state index is 0.0625. The van der Waals surface area contributed by atoms with Crippen molar-refractivity contribution in [2.45, 2.75) is 0 Å². The standard InChI is InChI=1S/C9H10IN3O/c1-12-8(10)7(6-11-12)9(14)13-4-2-3-5-13/h2-3,6H,4-5H2,1H3. The van der Waals surface area contributed by atoms with E-state index in [-0.39, 0.29) is 5.91 Å². The molecular weight excluding hydrogens is 293 g/mol. The Kier molecular flexibility index (Phi) is 2.58. The number of nitrogens with zero attached hydrogens (tertiary/aromatic N) is 3. The Labute approximate surface area is 95.7 Å². The second-order valence-electron chi connectivity index (χ2n) is 3.15. The second kappa shape index (κ2) is 3.72. The van der Waals surface area contributed by atoms with Crippen LogP contribution in [0, 0.1) is 3.70 Å². The molecule has 0 aromatic carbocycles. The second-order valence-corrected chi connectivity index (χ2v) is 4.18. The van der Waals surface area contributed by atoms with Gasteiger partial charge in [0.25, 0.3) is 5.91 Å². The van der Waals surface area contributed by atoms with Gasteiger partial charge in [0.15, 0.2) is 0 Å². The lowest BCUT2D eigenvalue weighted by Gasteiger charge is -2.14. The minimum absolute atomic E-state index is 0.0625. The van der Waals surface area contributed by atoms with Crippen molar-refractivity contribution in [1.29, 1.82) is 0 Å². The molecule has 4 nitrogen and oxygen atoms in total. The van der Waals surface area contributed by atoms with E-state index in [0.29, 0.717) is 18.7 Å². The van der Waals surface area contributed by atoms with Crippen LogP contribution in [0.15, 0.2) is 18.3 Å². The molecular formula is C9H10IN3O. The van der Waals surface area contributed by atoms with Gasteiger partial charge >= 0.3 is 0 Å². The summed E-state index contributed by atoms with van der Waals surface area (Å²) in [5.41, 5.74) is 0.691. The zero-order valence-electron chi connectivity index (χ0n) is 7.77. The molecule has 5 heteroatoms. The lowest BCUT2D eigenvalue weighted by molar-refractivity contribution is 0.0799. The predicted molar refractivity (Wildman–Crippen MR) is 61.0 cm³/mol. The summed E-state index contributed by atoms with van der Waals surface area (Å²) in [6.45, 7) is 1.42. The van der Waals surface area contributed by atoms with E-state index < -0.39 is 0 Å². The first-order valence-electron chi connectivity index (χ1n) is 4.32. The molecule has 2 heterocycles. The van der Waals surface area contributed by atoms with Gasteiger partial charge in [-0.25, -0.2) is 0 Å². The van der Waals surface area contributed by atoms with Gasteiger partial charge in [-0.05, 0) is 22.6 Å². The molecule has 1 aliphatic heterocycles. The van der Waals surface area contributed by atoms with Crippen LogP contribution >= 0.6 is 22.6 Å². The lowest BCUT2D eigenvalue weighted by Crippen LogP contribution is -2.28. The van der Waals surface area contributed by atoms with Crippen LogP contribution in [0.4, 0.5) is 0 Å². The molecule has 0 fully saturated rings. The molecule has 0 saturated carbocycles. The summed E-state index contributed by atoms with van der Waals surface area (Å²) in [6.07, 6.45) is 5.63. The van der Waals surface area contributed by atoms with Crippen molar-refractivity contribution in [3.8, 4) is 0 Å². The molecule has 14 heavy (non-hydrogen) atoms. The highest BCUT2D eigenvalue weighted by Crippen LogP contribution is 2.14.